The second-order valence-corrected chi connectivity index (χ2v) is 9.48. The Labute approximate surface area is 204 Å². The number of aromatic nitrogens is 3. The van der Waals surface area contributed by atoms with Gasteiger partial charge < -0.3 is 14.9 Å². The standard InChI is InChI=1S/C28H27N5O2/c1-18-11-22(21-3-2-8-29-14-21)13-25-26(18)30-17-31-27(25)32-9-6-19-4-5-20(12-23(19)15-32)28(35)33-10-7-24(34)16-33/h2-5,8,11-14,17,24,34H,6-7,9-10,15-16H2,1H3. The van der Waals surface area contributed by atoms with Crippen molar-refractivity contribution in [3.63, 3.8) is 0 Å². The van der Waals surface area contributed by atoms with Gasteiger partial charge in [-0.1, -0.05) is 12.1 Å². The minimum Gasteiger partial charge on any atom is -0.391 e. The first-order chi connectivity index (χ1) is 17.1. The van der Waals surface area contributed by atoms with Crippen molar-refractivity contribution < 1.29 is 9.90 Å². The topological polar surface area (TPSA) is 82.5 Å². The number of hydrogen-bond acceptors (Lipinski definition) is 6. The van der Waals surface area contributed by atoms with Gasteiger partial charge in [-0.05, 0) is 72.4 Å². The van der Waals surface area contributed by atoms with Crippen molar-refractivity contribution in [3.05, 3.63) is 83.4 Å². The Kier molecular flexibility index (Phi) is 5.41. The highest BCUT2D eigenvalue weighted by atomic mass is 16.3. The summed E-state index contributed by atoms with van der Waals surface area (Å²) in [6, 6.07) is 14.3. The van der Waals surface area contributed by atoms with Crippen LogP contribution in [0.5, 0.6) is 0 Å². The molecule has 7 heteroatoms. The summed E-state index contributed by atoms with van der Waals surface area (Å²) in [5.74, 6) is 0.902. The molecule has 4 aromatic rings. The maximum Gasteiger partial charge on any atom is 0.253 e. The maximum atomic E-state index is 13.0. The molecular formula is C28H27N5O2. The van der Waals surface area contributed by atoms with E-state index in [9.17, 15) is 9.90 Å². The zero-order chi connectivity index (χ0) is 23.9. The highest BCUT2D eigenvalue weighted by Crippen LogP contribution is 2.33. The van der Waals surface area contributed by atoms with Crippen molar-refractivity contribution in [2.24, 2.45) is 0 Å². The Balaban J connectivity index is 1.35. The summed E-state index contributed by atoms with van der Waals surface area (Å²) in [6.45, 7) is 4.63. The minimum atomic E-state index is -0.418. The largest absolute Gasteiger partial charge is 0.391 e. The van der Waals surface area contributed by atoms with Gasteiger partial charge in [0.1, 0.15) is 12.1 Å². The molecule has 1 amide bonds. The molecule has 0 radical (unpaired) electrons. The molecule has 0 spiro atoms. The molecule has 6 rings (SSSR count). The van der Waals surface area contributed by atoms with Crippen LogP contribution in [-0.4, -0.2) is 56.6 Å². The van der Waals surface area contributed by atoms with Gasteiger partial charge in [-0.2, -0.15) is 0 Å². The average molecular weight is 466 g/mol. The van der Waals surface area contributed by atoms with E-state index in [2.05, 4.69) is 46.1 Å². The van der Waals surface area contributed by atoms with Crippen molar-refractivity contribution in [2.75, 3.05) is 24.5 Å². The van der Waals surface area contributed by atoms with Crippen LogP contribution in [-0.2, 0) is 13.0 Å². The molecule has 0 saturated carbocycles. The second-order valence-electron chi connectivity index (χ2n) is 9.48. The molecule has 1 unspecified atom stereocenters. The molecule has 1 fully saturated rings. The highest BCUT2D eigenvalue weighted by molar-refractivity contribution is 5.96. The third-order valence-corrected chi connectivity index (χ3v) is 7.12. The first-order valence-corrected chi connectivity index (χ1v) is 12.1. The van der Waals surface area contributed by atoms with Gasteiger partial charge in [0.2, 0.25) is 0 Å². The number of aliphatic hydroxyl groups is 1. The van der Waals surface area contributed by atoms with Gasteiger partial charge in [-0.3, -0.25) is 9.78 Å². The van der Waals surface area contributed by atoms with Gasteiger partial charge >= 0.3 is 0 Å². The molecule has 2 aromatic heterocycles. The lowest BCUT2D eigenvalue weighted by molar-refractivity contribution is 0.0765. The van der Waals surface area contributed by atoms with E-state index in [1.807, 2.05) is 24.4 Å². The fourth-order valence-electron chi connectivity index (χ4n) is 5.26. The number of hydrogen-bond donors (Lipinski definition) is 1. The van der Waals surface area contributed by atoms with E-state index >= 15 is 0 Å². The fourth-order valence-corrected chi connectivity index (χ4v) is 5.26. The molecule has 176 valence electrons. The van der Waals surface area contributed by atoms with Crippen molar-refractivity contribution in [2.45, 2.75) is 32.4 Å². The number of rotatable bonds is 3. The summed E-state index contributed by atoms with van der Waals surface area (Å²) in [6.07, 6.45) is 6.41. The van der Waals surface area contributed by atoms with E-state index < -0.39 is 6.10 Å². The maximum absolute atomic E-state index is 13.0. The molecule has 2 aliphatic rings. The van der Waals surface area contributed by atoms with Crippen LogP contribution >= 0.6 is 0 Å². The number of pyridine rings is 1. The van der Waals surface area contributed by atoms with Crippen molar-refractivity contribution in [1.29, 1.82) is 0 Å². The minimum absolute atomic E-state index is 0.00861. The van der Waals surface area contributed by atoms with Crippen molar-refractivity contribution in [3.8, 4) is 11.1 Å². The van der Waals surface area contributed by atoms with Gasteiger partial charge in [0, 0.05) is 55.1 Å². The number of carbonyl (C=O) groups excluding carboxylic acids is 1. The van der Waals surface area contributed by atoms with Gasteiger partial charge in [-0.15, -0.1) is 0 Å². The Hall–Kier alpha value is -3.84. The zero-order valence-corrected chi connectivity index (χ0v) is 19.7. The van der Waals surface area contributed by atoms with Crippen LogP contribution in [0.25, 0.3) is 22.0 Å². The molecule has 0 bridgehead atoms. The van der Waals surface area contributed by atoms with E-state index in [4.69, 9.17) is 4.98 Å². The van der Waals surface area contributed by atoms with Crippen LogP contribution < -0.4 is 4.90 Å². The van der Waals surface area contributed by atoms with Crippen LogP contribution in [0.2, 0.25) is 0 Å². The van der Waals surface area contributed by atoms with Gasteiger partial charge in [0.05, 0.1) is 11.6 Å². The van der Waals surface area contributed by atoms with E-state index in [-0.39, 0.29) is 5.91 Å². The van der Waals surface area contributed by atoms with Crippen LogP contribution in [0.3, 0.4) is 0 Å². The summed E-state index contributed by atoms with van der Waals surface area (Å²) in [7, 11) is 0. The Morgan fingerprint density at radius 1 is 1.06 bits per heavy atom. The van der Waals surface area contributed by atoms with E-state index in [1.54, 1.807) is 17.4 Å². The molecule has 1 saturated heterocycles. The Morgan fingerprint density at radius 2 is 1.97 bits per heavy atom. The lowest BCUT2D eigenvalue weighted by atomic mass is 9.96. The average Bonchev–Trinajstić information content (AvgIpc) is 3.34. The molecular weight excluding hydrogens is 438 g/mol. The SMILES string of the molecule is Cc1cc(-c2cccnc2)cc2c(N3CCc4ccc(C(=O)N5CCC(O)C5)cc4C3)ncnc12. The van der Waals surface area contributed by atoms with Gasteiger partial charge in [0.15, 0.2) is 0 Å². The lowest BCUT2D eigenvalue weighted by Crippen LogP contribution is -2.32. The summed E-state index contributed by atoms with van der Waals surface area (Å²) in [4.78, 5) is 30.6. The van der Waals surface area contributed by atoms with Gasteiger partial charge in [0.25, 0.3) is 5.91 Å². The van der Waals surface area contributed by atoms with Crippen molar-refractivity contribution >= 4 is 22.6 Å². The smallest absolute Gasteiger partial charge is 0.253 e. The van der Waals surface area contributed by atoms with Crippen molar-refractivity contribution in [1.82, 2.24) is 19.9 Å². The number of fused-ring (bicyclic) bond motifs is 2. The summed E-state index contributed by atoms with van der Waals surface area (Å²) in [5.41, 5.74) is 7.30. The van der Waals surface area contributed by atoms with Crippen LogP contribution in [0.4, 0.5) is 5.82 Å². The molecule has 1 atom stereocenters. The molecule has 4 heterocycles. The third-order valence-electron chi connectivity index (χ3n) is 7.12. The monoisotopic (exact) mass is 465 g/mol. The van der Waals surface area contributed by atoms with E-state index in [0.717, 1.165) is 51.9 Å². The predicted molar refractivity (Wildman–Crippen MR) is 135 cm³/mol. The summed E-state index contributed by atoms with van der Waals surface area (Å²) >= 11 is 0. The molecule has 2 aromatic carbocycles. The lowest BCUT2D eigenvalue weighted by Gasteiger charge is -2.31. The predicted octanol–water partition coefficient (Wildman–Crippen LogP) is 3.77. The number of carbonyl (C=O) groups is 1. The van der Waals surface area contributed by atoms with Crippen LogP contribution in [0, 0.1) is 6.92 Å². The number of benzene rings is 2. The fraction of sp³-hybridized carbons (Fsp3) is 0.286. The van der Waals surface area contributed by atoms with Gasteiger partial charge in [-0.25, -0.2) is 9.97 Å². The molecule has 35 heavy (non-hydrogen) atoms. The second kappa shape index (κ2) is 8.74. The number of likely N-dealkylation sites (tertiary alicyclic amines) is 1. The first kappa shape index (κ1) is 21.7. The summed E-state index contributed by atoms with van der Waals surface area (Å²) < 4.78 is 0. The van der Waals surface area contributed by atoms with E-state index in [1.165, 1.54) is 5.56 Å². The molecule has 7 nitrogen and oxygen atoms in total. The molecule has 0 aliphatic carbocycles. The van der Waals surface area contributed by atoms with Crippen LogP contribution in [0.15, 0.2) is 61.2 Å². The highest BCUT2D eigenvalue weighted by Gasteiger charge is 2.27. The normalized spacial score (nSPS) is 17.6. The Bertz CT molecular complexity index is 1420. The number of aliphatic hydroxyl groups excluding tert-OH is 1. The number of β-amino-alcohol motifs (C(OH)–C–C–N with tert-alkyl or cyclic N) is 1. The zero-order valence-electron chi connectivity index (χ0n) is 19.7. The number of nitrogens with zero attached hydrogens (tertiary/aromatic N) is 5. The Morgan fingerprint density at radius 3 is 2.77 bits per heavy atom. The molecule has 2 aliphatic heterocycles. The molecule has 1 N–H and O–H groups in total. The number of anilines is 1. The third kappa shape index (κ3) is 4.02. The van der Waals surface area contributed by atoms with E-state index in [0.29, 0.717) is 31.6 Å². The quantitative estimate of drug-likeness (QED) is 0.496. The first-order valence-electron chi connectivity index (χ1n) is 12.1. The summed E-state index contributed by atoms with van der Waals surface area (Å²) in [5, 5.41) is 10.9. The number of amides is 1. The van der Waals surface area contributed by atoms with Crippen LogP contribution in [0.1, 0.15) is 33.5 Å². The number of aryl methyl sites for hydroxylation is 1.